The second-order valence-corrected chi connectivity index (χ2v) is 7.85. The number of hydrogen-bond donors (Lipinski definition) is 2. The zero-order chi connectivity index (χ0) is 22.5. The molecule has 0 spiro atoms. The number of hydrogen-bond acceptors (Lipinski definition) is 7. The summed E-state index contributed by atoms with van der Waals surface area (Å²) in [4.78, 5) is 6.77. The van der Waals surface area contributed by atoms with Gasteiger partial charge in [0.15, 0.2) is 11.5 Å². The molecule has 9 heteroatoms. The van der Waals surface area contributed by atoms with Crippen molar-refractivity contribution in [2.45, 2.75) is 6.42 Å². The molecule has 1 aromatic heterocycles. The number of aromatic nitrogens is 1. The van der Waals surface area contributed by atoms with E-state index in [-0.39, 0.29) is 16.5 Å². The van der Waals surface area contributed by atoms with Crippen LogP contribution in [0.5, 0.6) is 17.2 Å². The summed E-state index contributed by atoms with van der Waals surface area (Å²) in [5.41, 5.74) is 1.37. The molecule has 4 rings (SSSR count). The van der Waals surface area contributed by atoms with Crippen molar-refractivity contribution in [3.63, 3.8) is 0 Å². The molecule has 1 fully saturated rings. The number of phenols is 1. The quantitative estimate of drug-likeness (QED) is 0.475. The molecule has 170 valence electrons. The Morgan fingerprint density at radius 2 is 2.00 bits per heavy atom. The number of nitrogens with one attached hydrogen (secondary N) is 1. The third kappa shape index (κ3) is 5.15. The molecule has 1 aliphatic heterocycles. The van der Waals surface area contributed by atoms with Crippen molar-refractivity contribution in [3.8, 4) is 17.2 Å². The second-order valence-electron chi connectivity index (χ2n) is 7.44. The van der Waals surface area contributed by atoms with Gasteiger partial charge in [-0.15, -0.1) is 0 Å². The summed E-state index contributed by atoms with van der Waals surface area (Å²) >= 11 is 5.77. The molecule has 0 amide bonds. The van der Waals surface area contributed by atoms with Crippen LogP contribution >= 0.6 is 11.6 Å². The molecule has 32 heavy (non-hydrogen) atoms. The average molecular weight is 462 g/mol. The third-order valence-electron chi connectivity index (χ3n) is 5.31. The summed E-state index contributed by atoms with van der Waals surface area (Å²) in [6.45, 7) is 4.95. The maximum absolute atomic E-state index is 14.3. The van der Waals surface area contributed by atoms with Gasteiger partial charge >= 0.3 is 0 Å². The van der Waals surface area contributed by atoms with Gasteiger partial charge in [0.2, 0.25) is 0 Å². The van der Waals surface area contributed by atoms with Crippen LogP contribution in [-0.2, 0) is 4.74 Å². The summed E-state index contributed by atoms with van der Waals surface area (Å²) in [7, 11) is 1.57. The Balaban J connectivity index is 1.51. The van der Waals surface area contributed by atoms with Crippen LogP contribution < -0.4 is 14.8 Å². The van der Waals surface area contributed by atoms with Gasteiger partial charge in [-0.3, -0.25) is 9.88 Å². The zero-order valence-corrected chi connectivity index (χ0v) is 18.5. The standard InChI is InChI=1S/C23H25ClFN3O4/c1-30-22-11-15-18(27-20-13-21(29)16(24)12-17(20)25)3-4-26-19(15)14-23(22)32-8-2-5-28-6-9-31-10-7-28/h3-4,11-14,29H,2,5-10H2,1H3,(H,26,27). The van der Waals surface area contributed by atoms with E-state index in [1.165, 1.54) is 6.07 Å². The van der Waals surface area contributed by atoms with E-state index >= 15 is 0 Å². The van der Waals surface area contributed by atoms with Gasteiger partial charge in [-0.25, -0.2) is 4.39 Å². The summed E-state index contributed by atoms with van der Waals surface area (Å²) < 4.78 is 31.2. The molecule has 2 N–H and O–H groups in total. The molecular weight excluding hydrogens is 437 g/mol. The predicted molar refractivity (Wildman–Crippen MR) is 122 cm³/mol. The molecule has 2 heterocycles. The van der Waals surface area contributed by atoms with Gasteiger partial charge in [-0.2, -0.15) is 0 Å². The first-order valence-corrected chi connectivity index (χ1v) is 10.8. The predicted octanol–water partition coefficient (Wildman–Crippen LogP) is 4.59. The van der Waals surface area contributed by atoms with Crippen molar-refractivity contribution >= 4 is 33.9 Å². The Hall–Kier alpha value is -2.81. The lowest BCUT2D eigenvalue weighted by Crippen LogP contribution is -2.37. The fourth-order valence-electron chi connectivity index (χ4n) is 3.61. The van der Waals surface area contributed by atoms with E-state index in [2.05, 4.69) is 15.2 Å². The molecule has 3 aromatic rings. The monoisotopic (exact) mass is 461 g/mol. The van der Waals surface area contributed by atoms with E-state index in [0.717, 1.165) is 50.7 Å². The lowest BCUT2D eigenvalue weighted by molar-refractivity contribution is 0.0357. The first-order chi connectivity index (χ1) is 15.5. The number of rotatable bonds is 8. The fraction of sp³-hybridized carbons (Fsp3) is 0.348. The molecule has 0 radical (unpaired) electrons. The number of morpholine rings is 1. The van der Waals surface area contributed by atoms with Gasteiger partial charge in [0.1, 0.15) is 11.6 Å². The van der Waals surface area contributed by atoms with Crippen LogP contribution in [0.3, 0.4) is 0 Å². The SMILES string of the molecule is COc1cc2c(Nc3cc(O)c(Cl)cc3F)ccnc2cc1OCCCN1CCOCC1. The highest BCUT2D eigenvalue weighted by Gasteiger charge is 2.14. The molecule has 0 atom stereocenters. The minimum Gasteiger partial charge on any atom is -0.506 e. The Labute approximate surface area is 190 Å². The topological polar surface area (TPSA) is 76.1 Å². The third-order valence-corrected chi connectivity index (χ3v) is 5.62. The minimum absolute atomic E-state index is 0.0512. The molecule has 0 unspecified atom stereocenters. The number of pyridine rings is 1. The number of methoxy groups -OCH3 is 1. The number of fused-ring (bicyclic) bond motifs is 1. The van der Waals surface area contributed by atoms with E-state index in [4.69, 9.17) is 25.8 Å². The highest BCUT2D eigenvalue weighted by Crippen LogP contribution is 2.37. The van der Waals surface area contributed by atoms with Gasteiger partial charge < -0.3 is 24.6 Å². The maximum atomic E-state index is 14.3. The van der Waals surface area contributed by atoms with E-state index in [9.17, 15) is 9.50 Å². The average Bonchev–Trinajstić information content (AvgIpc) is 2.80. The van der Waals surface area contributed by atoms with E-state index in [1.54, 1.807) is 25.4 Å². The van der Waals surface area contributed by atoms with Gasteiger partial charge in [0, 0.05) is 49.0 Å². The number of aromatic hydroxyl groups is 1. The Kier molecular flexibility index (Phi) is 7.14. The maximum Gasteiger partial charge on any atom is 0.163 e. The summed E-state index contributed by atoms with van der Waals surface area (Å²) in [6, 6.07) is 7.63. The molecule has 0 bridgehead atoms. The first-order valence-electron chi connectivity index (χ1n) is 10.4. The fourth-order valence-corrected chi connectivity index (χ4v) is 3.76. The van der Waals surface area contributed by atoms with Crippen LogP contribution in [0.4, 0.5) is 15.8 Å². The highest BCUT2D eigenvalue weighted by atomic mass is 35.5. The zero-order valence-electron chi connectivity index (χ0n) is 17.7. The van der Waals surface area contributed by atoms with E-state index in [1.807, 2.05) is 6.07 Å². The van der Waals surface area contributed by atoms with Gasteiger partial charge in [-0.05, 0) is 24.6 Å². The van der Waals surface area contributed by atoms with Gasteiger partial charge in [0.05, 0.1) is 43.2 Å². The number of nitrogens with zero attached hydrogens (tertiary/aromatic N) is 2. The van der Waals surface area contributed by atoms with Gasteiger partial charge in [-0.1, -0.05) is 11.6 Å². The number of anilines is 2. The Morgan fingerprint density at radius 3 is 2.78 bits per heavy atom. The Morgan fingerprint density at radius 1 is 1.19 bits per heavy atom. The van der Waals surface area contributed by atoms with Crippen molar-refractivity contribution in [1.29, 1.82) is 0 Å². The second kappa shape index (κ2) is 10.2. The van der Waals surface area contributed by atoms with Crippen LogP contribution in [0.1, 0.15) is 6.42 Å². The summed E-state index contributed by atoms with van der Waals surface area (Å²) in [5, 5.41) is 13.5. The molecule has 1 saturated heterocycles. The van der Waals surface area contributed by atoms with Crippen LogP contribution in [0.15, 0.2) is 36.5 Å². The lowest BCUT2D eigenvalue weighted by Gasteiger charge is -2.26. The summed E-state index contributed by atoms with van der Waals surface area (Å²) in [5.74, 6) is 0.366. The Bertz CT molecular complexity index is 1090. The number of halogens is 2. The molecule has 2 aromatic carbocycles. The summed E-state index contributed by atoms with van der Waals surface area (Å²) in [6.07, 6.45) is 2.50. The largest absolute Gasteiger partial charge is 0.506 e. The van der Waals surface area contributed by atoms with E-state index < -0.39 is 5.82 Å². The molecule has 7 nitrogen and oxygen atoms in total. The molecule has 0 saturated carbocycles. The molecule has 1 aliphatic rings. The van der Waals surface area contributed by atoms with Crippen LogP contribution in [-0.4, -0.2) is 61.6 Å². The smallest absolute Gasteiger partial charge is 0.163 e. The van der Waals surface area contributed by atoms with E-state index in [0.29, 0.717) is 29.3 Å². The minimum atomic E-state index is -0.579. The van der Waals surface area contributed by atoms with Crippen LogP contribution in [0.25, 0.3) is 10.9 Å². The van der Waals surface area contributed by atoms with Crippen molar-refractivity contribution in [3.05, 3.63) is 47.4 Å². The van der Waals surface area contributed by atoms with Crippen LogP contribution in [0, 0.1) is 5.82 Å². The first kappa shape index (κ1) is 22.4. The van der Waals surface area contributed by atoms with Gasteiger partial charge in [0.25, 0.3) is 0 Å². The van der Waals surface area contributed by atoms with Crippen molar-refractivity contribution < 1.29 is 23.7 Å². The van der Waals surface area contributed by atoms with Crippen molar-refractivity contribution in [1.82, 2.24) is 9.88 Å². The lowest BCUT2D eigenvalue weighted by atomic mass is 10.1. The number of phenolic OH excluding ortho intramolecular Hbond substituents is 1. The normalized spacial score (nSPS) is 14.5. The molecule has 0 aliphatic carbocycles. The van der Waals surface area contributed by atoms with Crippen LogP contribution in [0.2, 0.25) is 5.02 Å². The number of benzene rings is 2. The van der Waals surface area contributed by atoms with Crippen molar-refractivity contribution in [2.24, 2.45) is 0 Å². The van der Waals surface area contributed by atoms with Crippen molar-refractivity contribution in [2.75, 3.05) is 51.9 Å². The molecular formula is C23H25ClFN3O4. The highest BCUT2D eigenvalue weighted by molar-refractivity contribution is 6.32. The number of ether oxygens (including phenoxy) is 3.